The molecule has 0 unspecified atom stereocenters. The van der Waals surface area contributed by atoms with Gasteiger partial charge in [-0.15, -0.1) is 0 Å². The second kappa shape index (κ2) is 14.2. The van der Waals surface area contributed by atoms with Crippen molar-refractivity contribution in [1.82, 2.24) is 5.32 Å². The molecule has 40 heavy (non-hydrogen) atoms. The number of ether oxygens (including phenoxy) is 2. The van der Waals surface area contributed by atoms with Crippen LogP contribution in [0.15, 0.2) is 85.1 Å². The van der Waals surface area contributed by atoms with Gasteiger partial charge < -0.3 is 19.9 Å². The molecule has 0 bridgehead atoms. The van der Waals surface area contributed by atoms with E-state index in [-0.39, 0.29) is 23.5 Å². The largest absolute Gasteiger partial charge is 0.511 e. The maximum atomic E-state index is 13.0. The van der Waals surface area contributed by atoms with Crippen LogP contribution in [0.1, 0.15) is 64.4 Å². The highest BCUT2D eigenvalue weighted by atomic mass is 19.4. The number of alkyl halides is 3. The van der Waals surface area contributed by atoms with Crippen molar-refractivity contribution in [3.05, 3.63) is 107 Å². The van der Waals surface area contributed by atoms with Gasteiger partial charge in [-0.1, -0.05) is 51.0 Å². The zero-order chi connectivity index (χ0) is 29.1. The molecule has 0 fully saturated rings. The predicted octanol–water partition coefficient (Wildman–Crippen LogP) is 7.30. The van der Waals surface area contributed by atoms with Gasteiger partial charge in [0.05, 0.1) is 23.8 Å². The minimum absolute atomic E-state index is 0.105. The highest BCUT2D eigenvalue weighted by Crippen LogP contribution is 2.29. The van der Waals surface area contributed by atoms with Crippen LogP contribution in [0.25, 0.3) is 0 Å². The van der Waals surface area contributed by atoms with Crippen LogP contribution in [0.5, 0.6) is 11.5 Å². The molecule has 1 atom stereocenters. The fourth-order valence-corrected chi connectivity index (χ4v) is 3.83. The maximum Gasteiger partial charge on any atom is 0.416 e. The summed E-state index contributed by atoms with van der Waals surface area (Å²) >= 11 is 0. The Labute approximate surface area is 231 Å². The molecule has 0 saturated heterocycles. The van der Waals surface area contributed by atoms with E-state index < -0.39 is 29.7 Å². The predicted molar refractivity (Wildman–Crippen MR) is 146 cm³/mol. The van der Waals surface area contributed by atoms with Crippen molar-refractivity contribution in [1.29, 1.82) is 0 Å². The van der Waals surface area contributed by atoms with E-state index in [4.69, 9.17) is 9.47 Å². The Kier molecular flexibility index (Phi) is 10.8. The third-order valence-corrected chi connectivity index (χ3v) is 6.09. The summed E-state index contributed by atoms with van der Waals surface area (Å²) in [6, 6.07) is 16.1. The number of rotatable bonds is 13. The number of hydrogen-bond acceptors (Lipinski definition) is 5. The number of halogens is 3. The molecule has 3 aromatic carbocycles. The van der Waals surface area contributed by atoms with E-state index >= 15 is 0 Å². The summed E-state index contributed by atoms with van der Waals surface area (Å²) in [7, 11) is 0. The van der Waals surface area contributed by atoms with E-state index in [1.165, 1.54) is 12.5 Å². The normalized spacial score (nSPS) is 11.9. The van der Waals surface area contributed by atoms with Crippen LogP contribution < -0.4 is 14.8 Å². The summed E-state index contributed by atoms with van der Waals surface area (Å²) in [6.45, 7) is 6.23. The fourth-order valence-electron chi connectivity index (χ4n) is 3.83. The summed E-state index contributed by atoms with van der Waals surface area (Å²) in [4.78, 5) is 25.1. The molecule has 0 aromatic heterocycles. The van der Waals surface area contributed by atoms with Crippen LogP contribution >= 0.6 is 0 Å². The molecule has 3 aromatic rings. The summed E-state index contributed by atoms with van der Waals surface area (Å²) in [6.07, 6.45) is -0.0665. The van der Waals surface area contributed by atoms with Crippen molar-refractivity contribution in [2.24, 2.45) is 0 Å². The van der Waals surface area contributed by atoms with Gasteiger partial charge in [0.2, 0.25) is 0 Å². The van der Waals surface area contributed by atoms with Gasteiger partial charge in [0, 0.05) is 5.56 Å². The summed E-state index contributed by atoms with van der Waals surface area (Å²) in [5, 5.41) is 12.5. The van der Waals surface area contributed by atoms with E-state index in [0.717, 1.165) is 37.5 Å². The highest BCUT2D eigenvalue weighted by Gasteiger charge is 2.31. The van der Waals surface area contributed by atoms with Gasteiger partial charge in [0.15, 0.2) is 0 Å². The molecule has 1 amide bonds. The van der Waals surface area contributed by atoms with E-state index in [1.54, 1.807) is 48.5 Å². The molecule has 0 radical (unpaired) electrons. The molecule has 2 N–H and O–H groups in total. The maximum absolute atomic E-state index is 13.0. The molecule has 0 saturated carbocycles. The van der Waals surface area contributed by atoms with Gasteiger partial charge >= 0.3 is 12.1 Å². The molecule has 0 aliphatic rings. The number of esters is 1. The van der Waals surface area contributed by atoms with E-state index in [2.05, 4.69) is 18.8 Å². The summed E-state index contributed by atoms with van der Waals surface area (Å²) in [5.74, 6) is -0.721. The monoisotopic (exact) mass is 555 g/mol. The lowest BCUT2D eigenvalue weighted by molar-refractivity contribution is -0.137. The topological polar surface area (TPSA) is 84.9 Å². The number of amides is 1. The Morgan fingerprint density at radius 1 is 0.925 bits per heavy atom. The number of carbonyl (C=O) groups is 2. The van der Waals surface area contributed by atoms with Crippen LogP contribution in [0.2, 0.25) is 0 Å². The lowest BCUT2D eigenvalue weighted by atomic mass is 10.0. The third-order valence-electron chi connectivity index (χ3n) is 6.09. The van der Waals surface area contributed by atoms with Gasteiger partial charge in [-0.3, -0.25) is 4.79 Å². The molecule has 0 heterocycles. The first-order chi connectivity index (χ1) is 19.1. The second-order valence-corrected chi connectivity index (χ2v) is 9.27. The third kappa shape index (κ3) is 9.18. The highest BCUT2D eigenvalue weighted by molar-refractivity contribution is 5.94. The van der Waals surface area contributed by atoms with E-state index in [0.29, 0.717) is 23.5 Å². The molecular formula is C31H32F3NO5. The lowest BCUT2D eigenvalue weighted by Gasteiger charge is -2.18. The zero-order valence-corrected chi connectivity index (χ0v) is 22.2. The number of carbonyl (C=O) groups excluding carboxylic acids is 2. The number of benzene rings is 3. The van der Waals surface area contributed by atoms with Crippen molar-refractivity contribution in [2.75, 3.05) is 6.61 Å². The average Bonchev–Trinajstić information content (AvgIpc) is 2.93. The number of nitrogens with one attached hydrogen (secondary N) is 1. The van der Waals surface area contributed by atoms with Gasteiger partial charge in [-0.05, 0) is 73.0 Å². The number of unbranched alkanes of at least 4 members (excludes halogenated alkanes) is 3. The van der Waals surface area contributed by atoms with Crippen molar-refractivity contribution >= 4 is 11.9 Å². The Morgan fingerprint density at radius 3 is 2.23 bits per heavy atom. The van der Waals surface area contributed by atoms with Crippen LogP contribution in [-0.2, 0) is 12.6 Å². The first-order valence-electron chi connectivity index (χ1n) is 13.0. The molecule has 0 aliphatic carbocycles. The Hall–Kier alpha value is -4.27. The van der Waals surface area contributed by atoms with Crippen LogP contribution in [0.4, 0.5) is 13.2 Å². The second-order valence-electron chi connectivity index (χ2n) is 9.27. The Balaban J connectivity index is 1.55. The van der Waals surface area contributed by atoms with Gasteiger partial charge in [-0.2, -0.15) is 13.2 Å². The van der Waals surface area contributed by atoms with Crippen molar-refractivity contribution in [3.63, 3.8) is 0 Å². The van der Waals surface area contributed by atoms with Crippen molar-refractivity contribution in [3.8, 4) is 11.5 Å². The van der Waals surface area contributed by atoms with Crippen LogP contribution in [0, 0.1) is 0 Å². The minimum atomic E-state index is -4.59. The molecule has 3 rings (SSSR count). The van der Waals surface area contributed by atoms with Gasteiger partial charge in [-0.25, -0.2) is 4.79 Å². The van der Waals surface area contributed by atoms with Crippen LogP contribution in [0.3, 0.4) is 0 Å². The van der Waals surface area contributed by atoms with Crippen molar-refractivity contribution in [2.45, 2.75) is 51.2 Å². The minimum Gasteiger partial charge on any atom is -0.511 e. The number of hydrogen-bond donors (Lipinski definition) is 2. The first kappa shape index (κ1) is 30.3. The standard InChI is InChI=1S/C31H32F3NO5/c1-3-4-5-6-18-39-26-16-12-23(13-17-26)30(38)40-27-14-10-22(11-15-27)19-28(21(2)36)35-29(37)24-8-7-9-25(20-24)31(32,33)34/h7-17,20,28,36H,2-6,18-19H2,1H3,(H,35,37)/t28-/m0/s1. The Morgan fingerprint density at radius 2 is 1.60 bits per heavy atom. The number of aliphatic hydroxyl groups is 1. The smallest absolute Gasteiger partial charge is 0.416 e. The SMILES string of the molecule is C=C(O)[C@H](Cc1ccc(OC(=O)c2ccc(OCCCCCC)cc2)cc1)NC(=O)c1cccc(C(F)(F)F)c1. The summed E-state index contributed by atoms with van der Waals surface area (Å²) in [5.41, 5.74) is -0.136. The first-order valence-corrected chi connectivity index (χ1v) is 13.0. The number of aliphatic hydroxyl groups excluding tert-OH is 1. The van der Waals surface area contributed by atoms with E-state index in [9.17, 15) is 27.9 Å². The molecule has 0 spiro atoms. The van der Waals surface area contributed by atoms with Crippen LogP contribution in [-0.4, -0.2) is 29.6 Å². The van der Waals surface area contributed by atoms with Gasteiger partial charge in [0.25, 0.3) is 5.91 Å². The molecule has 212 valence electrons. The van der Waals surface area contributed by atoms with Gasteiger partial charge in [0.1, 0.15) is 17.3 Å². The quantitative estimate of drug-likeness (QED) is 0.100. The molecular weight excluding hydrogens is 523 g/mol. The average molecular weight is 556 g/mol. The van der Waals surface area contributed by atoms with E-state index in [1.807, 2.05) is 0 Å². The molecule has 6 nitrogen and oxygen atoms in total. The lowest BCUT2D eigenvalue weighted by Crippen LogP contribution is -2.37. The van der Waals surface area contributed by atoms with Crippen molar-refractivity contribution < 1.29 is 37.3 Å². The zero-order valence-electron chi connectivity index (χ0n) is 22.2. The molecule has 9 heteroatoms. The summed E-state index contributed by atoms with van der Waals surface area (Å²) < 4.78 is 50.1. The fraction of sp³-hybridized carbons (Fsp3) is 0.290. The Bertz CT molecular complexity index is 1290. The molecule has 0 aliphatic heterocycles.